The van der Waals surface area contributed by atoms with Crippen LogP contribution in [0.2, 0.25) is 0 Å². The molecule has 0 saturated carbocycles. The lowest BCUT2D eigenvalue weighted by Crippen LogP contribution is -3.14. The molecule has 3 aromatic rings. The van der Waals surface area contributed by atoms with Gasteiger partial charge in [-0.1, -0.05) is 18.2 Å². The number of hydrogen-bond donors (Lipinski definition) is 2. The van der Waals surface area contributed by atoms with E-state index >= 15 is 0 Å². The van der Waals surface area contributed by atoms with Gasteiger partial charge in [0.15, 0.2) is 23.9 Å². The molecule has 170 valence electrons. The highest BCUT2D eigenvalue weighted by Gasteiger charge is 2.45. The fourth-order valence-electron chi connectivity index (χ4n) is 4.68. The fourth-order valence-corrected chi connectivity index (χ4v) is 4.68. The average Bonchev–Trinajstić information content (AvgIpc) is 3.40. The molecule has 2 aliphatic heterocycles. The molecule has 0 spiro atoms. The number of aromatic amines is 1. The molecule has 0 bridgehead atoms. The molecule has 5 rings (SSSR count). The van der Waals surface area contributed by atoms with E-state index in [1.54, 1.807) is 29.4 Å². The van der Waals surface area contributed by atoms with Crippen LogP contribution in [-0.2, 0) is 9.53 Å². The first-order chi connectivity index (χ1) is 16.1. The van der Waals surface area contributed by atoms with Crippen LogP contribution in [0.5, 0.6) is 0 Å². The van der Waals surface area contributed by atoms with E-state index in [1.807, 2.05) is 30.3 Å². The summed E-state index contributed by atoms with van der Waals surface area (Å²) in [4.78, 5) is 32.6. The molecule has 2 aromatic heterocycles. The highest BCUT2D eigenvalue weighted by molar-refractivity contribution is 6.15. The molecule has 8 heteroatoms. The van der Waals surface area contributed by atoms with Gasteiger partial charge in [0, 0.05) is 30.0 Å². The van der Waals surface area contributed by atoms with E-state index in [9.17, 15) is 14.7 Å². The Balaban J connectivity index is 1.43. The van der Waals surface area contributed by atoms with Crippen LogP contribution in [0.15, 0.2) is 70.6 Å². The molecule has 3 N–H and O–H groups in total. The predicted octanol–water partition coefficient (Wildman–Crippen LogP) is 1.13. The van der Waals surface area contributed by atoms with Crippen molar-refractivity contribution in [3.63, 3.8) is 0 Å². The number of aliphatic hydroxyl groups excluding tert-OH is 1. The molecule has 1 fully saturated rings. The van der Waals surface area contributed by atoms with Gasteiger partial charge in [-0.05, 0) is 18.2 Å². The molecule has 1 aromatic carbocycles. The molecule has 1 amide bonds. The van der Waals surface area contributed by atoms with Crippen LogP contribution >= 0.6 is 0 Å². The van der Waals surface area contributed by atoms with Gasteiger partial charge in [-0.25, -0.2) is 4.98 Å². The zero-order chi connectivity index (χ0) is 22.8. The third-order valence-corrected chi connectivity index (χ3v) is 6.37. The van der Waals surface area contributed by atoms with Crippen LogP contribution in [0.4, 0.5) is 0 Å². The zero-order valence-corrected chi connectivity index (χ0v) is 18.3. The van der Waals surface area contributed by atoms with Crippen molar-refractivity contribution in [2.75, 3.05) is 39.4 Å². The number of quaternary nitrogens is 1. The van der Waals surface area contributed by atoms with E-state index in [0.29, 0.717) is 12.1 Å². The highest BCUT2D eigenvalue weighted by atomic mass is 16.5. The Morgan fingerprint density at radius 2 is 2.00 bits per heavy atom. The number of nitrogens with zero attached hydrogens (tertiary/aromatic N) is 1. The molecule has 2 aliphatic rings. The number of ether oxygens (including phenoxy) is 1. The van der Waals surface area contributed by atoms with Gasteiger partial charge in [-0.2, -0.15) is 0 Å². The van der Waals surface area contributed by atoms with Gasteiger partial charge >= 0.3 is 0 Å². The maximum atomic E-state index is 13.5. The largest absolute Gasteiger partial charge is 0.503 e. The molecule has 1 saturated heterocycles. The molecular formula is C25H27N3O5+2. The molecule has 1 unspecified atom stereocenters. The third-order valence-electron chi connectivity index (χ3n) is 6.37. The summed E-state index contributed by atoms with van der Waals surface area (Å²) in [5.41, 5.74) is 1.37. The van der Waals surface area contributed by atoms with Crippen molar-refractivity contribution in [3.05, 3.63) is 77.5 Å². The molecule has 8 nitrogen and oxygen atoms in total. The lowest BCUT2D eigenvalue weighted by molar-refractivity contribution is -0.908. The second-order valence-electron chi connectivity index (χ2n) is 8.44. The average molecular weight is 450 g/mol. The maximum absolute atomic E-state index is 13.5. The number of fused-ring (bicyclic) bond motifs is 1. The van der Waals surface area contributed by atoms with Crippen molar-refractivity contribution >= 4 is 22.7 Å². The number of aliphatic hydroxyl groups is 1. The number of carbonyl (C=O) groups is 2. The Labute approximate surface area is 191 Å². The lowest BCUT2D eigenvalue weighted by Gasteiger charge is -2.27. The van der Waals surface area contributed by atoms with Gasteiger partial charge in [-0.3, -0.25) is 9.59 Å². The molecule has 33 heavy (non-hydrogen) atoms. The second kappa shape index (κ2) is 9.17. The lowest BCUT2D eigenvalue weighted by atomic mass is 9.96. The van der Waals surface area contributed by atoms with Crippen molar-refractivity contribution in [2.24, 2.45) is 0 Å². The molecule has 4 heterocycles. The van der Waals surface area contributed by atoms with E-state index in [1.165, 1.54) is 4.90 Å². The van der Waals surface area contributed by atoms with Gasteiger partial charge in [0.1, 0.15) is 18.7 Å². The summed E-state index contributed by atoms with van der Waals surface area (Å²) < 4.78 is 11.2. The number of Topliss-reactive ketones (excluding diaryl/α,β-unsaturated/α-hetero) is 1. The number of rotatable bonds is 7. The number of ketones is 1. The number of aromatic nitrogens is 1. The number of morpholine rings is 1. The zero-order valence-electron chi connectivity index (χ0n) is 18.3. The fraction of sp³-hybridized carbons (Fsp3) is 0.320. The number of pyridine rings is 1. The topological polar surface area (TPSA) is 98.6 Å². The summed E-state index contributed by atoms with van der Waals surface area (Å²) in [6, 6.07) is 12.0. The number of carbonyl (C=O) groups excluding carboxylic acids is 2. The van der Waals surface area contributed by atoms with Crippen LogP contribution in [0.25, 0.3) is 11.0 Å². The minimum atomic E-state index is -0.685. The predicted molar refractivity (Wildman–Crippen MR) is 119 cm³/mol. The monoisotopic (exact) mass is 449 g/mol. The quantitative estimate of drug-likeness (QED) is 0.527. The summed E-state index contributed by atoms with van der Waals surface area (Å²) in [6.45, 7) is 4.73. The Morgan fingerprint density at radius 3 is 2.76 bits per heavy atom. The van der Waals surface area contributed by atoms with Crippen molar-refractivity contribution in [1.82, 2.24) is 4.90 Å². The minimum absolute atomic E-state index is 0.0531. The molecule has 0 aliphatic carbocycles. The maximum Gasteiger partial charge on any atom is 0.290 e. The van der Waals surface area contributed by atoms with E-state index in [4.69, 9.17) is 9.15 Å². The molecule has 0 radical (unpaired) electrons. The Morgan fingerprint density at radius 1 is 1.18 bits per heavy atom. The number of amides is 1. The SMILES string of the molecule is O=C(C1=C(O)C(=O)N(CCC[NH+]2CCOCC2)C1c1ccc[nH+]c1)c1cc2ccccc2o1. The second-order valence-corrected chi connectivity index (χ2v) is 8.44. The van der Waals surface area contributed by atoms with Gasteiger partial charge in [-0.15, -0.1) is 0 Å². The van der Waals surface area contributed by atoms with Crippen molar-refractivity contribution < 1.29 is 33.7 Å². The number of benzene rings is 1. The number of H-pyrrole nitrogens is 1. The molecular weight excluding hydrogens is 422 g/mol. The first kappa shape index (κ1) is 21.4. The van der Waals surface area contributed by atoms with Crippen LogP contribution in [-0.4, -0.2) is 61.1 Å². The Hall–Kier alpha value is -3.49. The van der Waals surface area contributed by atoms with Gasteiger partial charge < -0.3 is 24.1 Å². The molecule has 1 atom stereocenters. The summed E-state index contributed by atoms with van der Waals surface area (Å²) in [5.74, 6) is -1.41. The van der Waals surface area contributed by atoms with Gasteiger partial charge in [0.2, 0.25) is 5.78 Å². The first-order valence-corrected chi connectivity index (χ1v) is 11.3. The summed E-state index contributed by atoms with van der Waals surface area (Å²) in [7, 11) is 0. The smallest absolute Gasteiger partial charge is 0.290 e. The number of para-hydroxylation sites is 1. The van der Waals surface area contributed by atoms with Crippen LogP contribution in [0.3, 0.4) is 0 Å². The summed E-state index contributed by atoms with van der Waals surface area (Å²) >= 11 is 0. The third kappa shape index (κ3) is 4.15. The highest BCUT2D eigenvalue weighted by Crippen LogP contribution is 2.39. The van der Waals surface area contributed by atoms with E-state index in [-0.39, 0.29) is 11.3 Å². The number of nitrogens with one attached hydrogen (secondary N) is 2. The van der Waals surface area contributed by atoms with E-state index in [0.717, 1.165) is 50.2 Å². The van der Waals surface area contributed by atoms with Crippen LogP contribution < -0.4 is 9.88 Å². The standard InChI is InChI=1S/C25H25N3O5/c29-23(20-15-17-5-1-2-7-19(17)33-20)21-22(18-6-3-8-26-16-18)28(25(31)24(21)30)10-4-9-27-11-13-32-14-12-27/h1-3,5-8,15-16,22,30H,4,9-14H2/p+2. The van der Waals surface area contributed by atoms with Crippen LogP contribution in [0, 0.1) is 0 Å². The normalized spacial score (nSPS) is 19.6. The van der Waals surface area contributed by atoms with Crippen molar-refractivity contribution in [3.8, 4) is 0 Å². The van der Waals surface area contributed by atoms with E-state index < -0.39 is 23.5 Å². The summed E-state index contributed by atoms with van der Waals surface area (Å²) in [5, 5.41) is 11.6. The number of hydrogen-bond acceptors (Lipinski definition) is 5. The Kier molecular flexibility index (Phi) is 5.93. The number of furan rings is 1. The first-order valence-electron chi connectivity index (χ1n) is 11.3. The van der Waals surface area contributed by atoms with Crippen molar-refractivity contribution in [2.45, 2.75) is 12.5 Å². The van der Waals surface area contributed by atoms with Gasteiger partial charge in [0.25, 0.3) is 5.91 Å². The summed E-state index contributed by atoms with van der Waals surface area (Å²) in [6.07, 6.45) is 4.27. The van der Waals surface area contributed by atoms with Crippen molar-refractivity contribution in [1.29, 1.82) is 0 Å². The minimum Gasteiger partial charge on any atom is -0.503 e. The van der Waals surface area contributed by atoms with Gasteiger partial charge in [0.05, 0.1) is 31.4 Å². The Bertz CT molecular complexity index is 1160. The van der Waals surface area contributed by atoms with Crippen LogP contribution in [0.1, 0.15) is 28.6 Å². The van der Waals surface area contributed by atoms with E-state index in [2.05, 4.69) is 4.98 Å².